The van der Waals surface area contributed by atoms with Gasteiger partial charge in [0.2, 0.25) is 0 Å². The van der Waals surface area contributed by atoms with Crippen LogP contribution >= 0.6 is 0 Å². The molecule has 2 aromatic heterocycles. The highest BCUT2D eigenvalue weighted by atomic mass is 16.5. The van der Waals surface area contributed by atoms with E-state index in [0.717, 1.165) is 30.1 Å². The van der Waals surface area contributed by atoms with Gasteiger partial charge in [-0.05, 0) is 49.2 Å². The van der Waals surface area contributed by atoms with Gasteiger partial charge in [0.05, 0.1) is 19.0 Å². The summed E-state index contributed by atoms with van der Waals surface area (Å²) in [7, 11) is 1.70. The van der Waals surface area contributed by atoms with E-state index in [-0.39, 0.29) is 0 Å². The molecule has 1 atom stereocenters. The monoisotopic (exact) mass is 334 g/mol. The second-order valence-electron chi connectivity index (χ2n) is 6.41. The molecule has 5 nitrogen and oxygen atoms in total. The first-order chi connectivity index (χ1) is 12.3. The highest BCUT2D eigenvalue weighted by Gasteiger charge is 2.27. The molecule has 1 N–H and O–H groups in total. The largest absolute Gasteiger partial charge is 0.497 e. The van der Waals surface area contributed by atoms with Crippen LogP contribution in [0.5, 0.6) is 5.75 Å². The third-order valence-corrected chi connectivity index (χ3v) is 4.91. The van der Waals surface area contributed by atoms with E-state index in [2.05, 4.69) is 38.3 Å². The molecule has 1 aromatic carbocycles. The zero-order chi connectivity index (χ0) is 17.1. The van der Waals surface area contributed by atoms with Gasteiger partial charge in [-0.15, -0.1) is 0 Å². The summed E-state index contributed by atoms with van der Waals surface area (Å²) in [4.78, 5) is 6.75. The lowest BCUT2D eigenvalue weighted by molar-refractivity contribution is 0.249. The van der Waals surface area contributed by atoms with Crippen LogP contribution in [-0.4, -0.2) is 33.7 Å². The number of hydrogen-bond donors (Lipinski definition) is 1. The minimum atomic E-state index is 0.447. The first kappa shape index (κ1) is 15.8. The molecule has 4 rings (SSSR count). The van der Waals surface area contributed by atoms with Crippen LogP contribution in [0.15, 0.2) is 55.0 Å². The standard InChI is InChI=1S/C20H22N4O/c1-25-18-8-6-15(7-9-18)19-5-3-11-24(19)14-17-13-22-23-20(17)16-4-2-10-21-12-16/h2,4,6-10,12-13,19H,3,5,11,14H2,1H3,(H,22,23)/t19-/m0/s1. The lowest BCUT2D eigenvalue weighted by atomic mass is 10.0. The number of H-pyrrole nitrogens is 1. The zero-order valence-electron chi connectivity index (χ0n) is 14.4. The molecule has 0 unspecified atom stereocenters. The fourth-order valence-electron chi connectivity index (χ4n) is 3.63. The number of benzene rings is 1. The number of rotatable bonds is 5. The maximum absolute atomic E-state index is 5.28. The predicted octanol–water partition coefficient (Wildman–Crippen LogP) is 3.82. The third-order valence-electron chi connectivity index (χ3n) is 4.91. The van der Waals surface area contributed by atoms with Gasteiger partial charge in [-0.2, -0.15) is 5.10 Å². The van der Waals surface area contributed by atoms with E-state index in [1.165, 1.54) is 24.0 Å². The summed E-state index contributed by atoms with van der Waals surface area (Å²) < 4.78 is 5.28. The second kappa shape index (κ2) is 7.07. The van der Waals surface area contributed by atoms with E-state index >= 15 is 0 Å². The Bertz CT molecular complexity index is 813. The van der Waals surface area contributed by atoms with Crippen molar-refractivity contribution in [1.82, 2.24) is 20.1 Å². The van der Waals surface area contributed by atoms with Crippen LogP contribution < -0.4 is 4.74 Å². The molecule has 0 saturated carbocycles. The number of nitrogens with one attached hydrogen (secondary N) is 1. The van der Waals surface area contributed by atoms with E-state index in [4.69, 9.17) is 4.74 Å². The summed E-state index contributed by atoms with van der Waals surface area (Å²) in [5.41, 5.74) is 4.71. The lowest BCUT2D eigenvalue weighted by Crippen LogP contribution is -2.22. The molecule has 0 aliphatic carbocycles. The first-order valence-electron chi connectivity index (χ1n) is 8.66. The zero-order valence-corrected chi connectivity index (χ0v) is 14.4. The molecule has 3 aromatic rings. The Morgan fingerprint density at radius 2 is 2.08 bits per heavy atom. The second-order valence-corrected chi connectivity index (χ2v) is 6.41. The van der Waals surface area contributed by atoms with E-state index in [1.54, 1.807) is 13.3 Å². The summed E-state index contributed by atoms with van der Waals surface area (Å²) in [6.45, 7) is 1.99. The third kappa shape index (κ3) is 3.28. The molecule has 1 aliphatic heterocycles. The van der Waals surface area contributed by atoms with Crippen molar-refractivity contribution in [1.29, 1.82) is 0 Å². The van der Waals surface area contributed by atoms with E-state index < -0.39 is 0 Å². The van der Waals surface area contributed by atoms with Crippen molar-refractivity contribution in [3.8, 4) is 17.0 Å². The fourth-order valence-corrected chi connectivity index (χ4v) is 3.63. The molecular weight excluding hydrogens is 312 g/mol. The van der Waals surface area contributed by atoms with Crippen molar-refractivity contribution in [3.63, 3.8) is 0 Å². The van der Waals surface area contributed by atoms with Crippen LogP contribution in [-0.2, 0) is 6.54 Å². The Kier molecular flexibility index (Phi) is 4.48. The number of aromatic amines is 1. The summed E-state index contributed by atoms with van der Waals surface area (Å²) in [5, 5.41) is 7.40. The molecule has 128 valence electrons. The van der Waals surface area contributed by atoms with Crippen LogP contribution in [0.3, 0.4) is 0 Å². The molecule has 1 aliphatic rings. The molecule has 1 fully saturated rings. The van der Waals surface area contributed by atoms with Crippen molar-refractivity contribution in [2.75, 3.05) is 13.7 Å². The Morgan fingerprint density at radius 3 is 2.84 bits per heavy atom. The molecule has 3 heterocycles. The highest BCUT2D eigenvalue weighted by Crippen LogP contribution is 2.35. The van der Waals surface area contributed by atoms with Crippen molar-refractivity contribution in [3.05, 3.63) is 66.1 Å². The molecule has 0 spiro atoms. The Morgan fingerprint density at radius 1 is 1.20 bits per heavy atom. The minimum Gasteiger partial charge on any atom is -0.497 e. The number of ether oxygens (including phenoxy) is 1. The van der Waals surface area contributed by atoms with Crippen molar-refractivity contribution in [2.24, 2.45) is 0 Å². The maximum Gasteiger partial charge on any atom is 0.118 e. The average Bonchev–Trinajstić information content (AvgIpc) is 3.32. The number of nitrogens with zero attached hydrogens (tertiary/aromatic N) is 3. The number of aromatic nitrogens is 3. The molecular formula is C20H22N4O. The highest BCUT2D eigenvalue weighted by molar-refractivity contribution is 5.61. The predicted molar refractivity (Wildman–Crippen MR) is 97.2 cm³/mol. The normalized spacial score (nSPS) is 17.7. The summed E-state index contributed by atoms with van der Waals surface area (Å²) in [6, 6.07) is 12.9. The van der Waals surface area contributed by atoms with Crippen molar-refractivity contribution >= 4 is 0 Å². The molecule has 0 amide bonds. The van der Waals surface area contributed by atoms with Crippen LogP contribution in [0.2, 0.25) is 0 Å². The summed E-state index contributed by atoms with van der Waals surface area (Å²) in [6.07, 6.45) is 8.01. The molecule has 25 heavy (non-hydrogen) atoms. The Labute approximate surface area is 147 Å². The Balaban J connectivity index is 1.55. The van der Waals surface area contributed by atoms with Crippen LogP contribution in [0.4, 0.5) is 0 Å². The van der Waals surface area contributed by atoms with Gasteiger partial charge in [0.25, 0.3) is 0 Å². The van der Waals surface area contributed by atoms with E-state index in [0.29, 0.717) is 6.04 Å². The van der Waals surface area contributed by atoms with Gasteiger partial charge in [0.15, 0.2) is 0 Å². The lowest BCUT2D eigenvalue weighted by Gasteiger charge is -2.25. The minimum absolute atomic E-state index is 0.447. The SMILES string of the molecule is COc1ccc([C@@H]2CCCN2Cc2cn[nH]c2-c2cccnc2)cc1. The average molecular weight is 334 g/mol. The maximum atomic E-state index is 5.28. The van der Waals surface area contributed by atoms with E-state index in [1.807, 2.05) is 30.6 Å². The van der Waals surface area contributed by atoms with Gasteiger partial charge in [0, 0.05) is 36.1 Å². The summed E-state index contributed by atoms with van der Waals surface area (Å²) in [5.74, 6) is 0.905. The van der Waals surface area contributed by atoms with Gasteiger partial charge in [-0.3, -0.25) is 15.0 Å². The number of hydrogen-bond acceptors (Lipinski definition) is 4. The quantitative estimate of drug-likeness (QED) is 0.771. The van der Waals surface area contributed by atoms with Gasteiger partial charge in [-0.25, -0.2) is 0 Å². The van der Waals surface area contributed by atoms with Crippen molar-refractivity contribution in [2.45, 2.75) is 25.4 Å². The van der Waals surface area contributed by atoms with E-state index in [9.17, 15) is 0 Å². The van der Waals surface area contributed by atoms with Gasteiger partial charge in [-0.1, -0.05) is 12.1 Å². The van der Waals surface area contributed by atoms with Crippen molar-refractivity contribution < 1.29 is 4.74 Å². The van der Waals surface area contributed by atoms with Crippen LogP contribution in [0.25, 0.3) is 11.3 Å². The molecule has 5 heteroatoms. The summed E-state index contributed by atoms with van der Waals surface area (Å²) >= 11 is 0. The number of pyridine rings is 1. The smallest absolute Gasteiger partial charge is 0.118 e. The molecule has 0 radical (unpaired) electrons. The molecule has 1 saturated heterocycles. The fraction of sp³-hybridized carbons (Fsp3) is 0.300. The number of methoxy groups -OCH3 is 1. The van der Waals surface area contributed by atoms with Crippen LogP contribution in [0, 0.1) is 0 Å². The molecule has 0 bridgehead atoms. The first-order valence-corrected chi connectivity index (χ1v) is 8.66. The van der Waals surface area contributed by atoms with Gasteiger partial charge in [0.1, 0.15) is 5.75 Å². The topological polar surface area (TPSA) is 54.0 Å². The van der Waals surface area contributed by atoms with Gasteiger partial charge >= 0.3 is 0 Å². The van der Waals surface area contributed by atoms with Gasteiger partial charge < -0.3 is 4.74 Å². The van der Waals surface area contributed by atoms with Crippen LogP contribution in [0.1, 0.15) is 30.0 Å². The number of likely N-dealkylation sites (tertiary alicyclic amines) is 1. The Hall–Kier alpha value is -2.66.